The summed E-state index contributed by atoms with van der Waals surface area (Å²) in [6.07, 6.45) is 2.25. The molecule has 2 aliphatic carbocycles. The third-order valence-corrected chi connectivity index (χ3v) is 1.80. The molecular formula is C6H6. The van der Waals surface area contributed by atoms with E-state index in [9.17, 15) is 0 Å². The van der Waals surface area contributed by atoms with E-state index in [1.54, 1.807) is 0 Å². The van der Waals surface area contributed by atoms with Crippen LogP contribution in [0.15, 0.2) is 23.8 Å². The van der Waals surface area contributed by atoms with Crippen LogP contribution < -0.4 is 0 Å². The van der Waals surface area contributed by atoms with Gasteiger partial charge in [0.1, 0.15) is 0 Å². The van der Waals surface area contributed by atoms with Gasteiger partial charge < -0.3 is 0 Å². The zero-order valence-corrected chi connectivity index (χ0v) is 3.78. The predicted molar refractivity (Wildman–Crippen MR) is 25.3 cm³/mol. The highest BCUT2D eigenvalue weighted by atomic mass is 14.6. The molecular weight excluding hydrogens is 72.1 g/mol. The van der Waals surface area contributed by atoms with E-state index in [1.807, 2.05) is 0 Å². The average Bonchev–Trinajstić information content (AvgIpc) is 2.24. The van der Waals surface area contributed by atoms with Gasteiger partial charge >= 0.3 is 0 Å². The van der Waals surface area contributed by atoms with Gasteiger partial charge in [0, 0.05) is 5.41 Å². The third-order valence-electron chi connectivity index (χ3n) is 1.80. The molecule has 6 heavy (non-hydrogen) atoms. The predicted octanol–water partition coefficient (Wildman–Crippen LogP) is 1.50. The van der Waals surface area contributed by atoms with Gasteiger partial charge in [-0.3, -0.25) is 0 Å². The molecule has 0 nitrogen and oxygen atoms in total. The van der Waals surface area contributed by atoms with E-state index in [4.69, 9.17) is 0 Å². The lowest BCUT2D eigenvalue weighted by Crippen LogP contribution is -1.70. The van der Waals surface area contributed by atoms with Crippen molar-refractivity contribution >= 4 is 0 Å². The van der Waals surface area contributed by atoms with Crippen molar-refractivity contribution in [1.82, 2.24) is 0 Å². The van der Waals surface area contributed by atoms with Gasteiger partial charge in [0.2, 0.25) is 0 Å². The van der Waals surface area contributed by atoms with Gasteiger partial charge in [-0.05, 0) is 18.1 Å². The first-order valence-corrected chi connectivity index (χ1v) is 2.18. The van der Waals surface area contributed by atoms with Crippen molar-refractivity contribution < 1.29 is 0 Å². The molecule has 1 saturated carbocycles. The Bertz CT molecular complexity index is 157. The van der Waals surface area contributed by atoms with Crippen molar-refractivity contribution in [2.75, 3.05) is 0 Å². The first-order valence-electron chi connectivity index (χ1n) is 2.18. The summed E-state index contributed by atoms with van der Waals surface area (Å²) in [5.41, 5.74) is 3.34. The molecule has 0 spiro atoms. The molecule has 0 amide bonds. The van der Waals surface area contributed by atoms with Gasteiger partial charge in [-0.1, -0.05) is 12.7 Å². The summed E-state index contributed by atoms with van der Waals surface area (Å²) in [5.74, 6) is 0. The molecule has 2 rings (SSSR count). The lowest BCUT2D eigenvalue weighted by molar-refractivity contribution is 0.939. The second-order valence-corrected chi connectivity index (χ2v) is 2.24. The Balaban J connectivity index is 2.60. The van der Waals surface area contributed by atoms with Crippen molar-refractivity contribution in [3.63, 3.8) is 0 Å². The van der Waals surface area contributed by atoms with Gasteiger partial charge in [-0.15, -0.1) is 0 Å². The number of allylic oxidation sites excluding steroid dienone is 3. The standard InChI is InChI=1S/C6H6/c1-4-5-3-6(4,5)2/h3H,1H2,2H3. The molecule has 30 valence electrons. The maximum Gasteiger partial charge on any atom is 0.0357 e. The Morgan fingerprint density at radius 1 is 1.83 bits per heavy atom. The van der Waals surface area contributed by atoms with Crippen molar-refractivity contribution in [3.8, 4) is 0 Å². The monoisotopic (exact) mass is 78.0 g/mol. The van der Waals surface area contributed by atoms with E-state index in [0.29, 0.717) is 5.41 Å². The first-order chi connectivity index (χ1) is 2.75. The van der Waals surface area contributed by atoms with Crippen molar-refractivity contribution in [1.29, 1.82) is 0 Å². The van der Waals surface area contributed by atoms with E-state index < -0.39 is 0 Å². The fourth-order valence-corrected chi connectivity index (χ4v) is 0.832. The topological polar surface area (TPSA) is 0 Å². The number of hydrogen-bond acceptors (Lipinski definition) is 0. The maximum atomic E-state index is 3.80. The maximum absolute atomic E-state index is 3.80. The molecule has 0 heterocycles. The summed E-state index contributed by atoms with van der Waals surface area (Å²) in [4.78, 5) is 0. The third kappa shape index (κ3) is 0.0788. The Hall–Kier alpha value is -0.520. The summed E-state index contributed by atoms with van der Waals surface area (Å²) < 4.78 is 0. The van der Waals surface area contributed by atoms with Crippen molar-refractivity contribution in [2.24, 2.45) is 5.41 Å². The zero-order valence-electron chi connectivity index (χ0n) is 3.78. The van der Waals surface area contributed by atoms with E-state index in [1.165, 1.54) is 11.1 Å². The lowest BCUT2D eigenvalue weighted by atomic mass is 10.2. The smallest absolute Gasteiger partial charge is 0.0357 e. The van der Waals surface area contributed by atoms with Gasteiger partial charge in [0.15, 0.2) is 0 Å². The van der Waals surface area contributed by atoms with Gasteiger partial charge in [-0.25, -0.2) is 0 Å². The molecule has 0 aromatic rings. The normalized spacial score (nSPS) is 47.5. The molecule has 0 heteroatoms. The molecule has 0 bridgehead atoms. The first kappa shape index (κ1) is 2.62. The minimum atomic E-state index is 0.472. The van der Waals surface area contributed by atoms with Crippen molar-refractivity contribution in [3.05, 3.63) is 23.8 Å². The summed E-state index contributed by atoms with van der Waals surface area (Å²) >= 11 is 0. The van der Waals surface area contributed by atoms with Gasteiger partial charge in [0.05, 0.1) is 0 Å². The summed E-state index contributed by atoms with van der Waals surface area (Å²) in [5, 5.41) is 0. The SMILES string of the molecule is C=C1C2=CC12C. The highest BCUT2D eigenvalue weighted by Crippen LogP contribution is 2.71. The van der Waals surface area contributed by atoms with Crippen LogP contribution in [0.2, 0.25) is 0 Å². The van der Waals surface area contributed by atoms with E-state index >= 15 is 0 Å². The van der Waals surface area contributed by atoms with Crippen LogP contribution >= 0.6 is 0 Å². The molecule has 1 atom stereocenters. The van der Waals surface area contributed by atoms with E-state index in [-0.39, 0.29) is 0 Å². The van der Waals surface area contributed by atoms with Crippen molar-refractivity contribution in [2.45, 2.75) is 6.92 Å². The van der Waals surface area contributed by atoms with Crippen LogP contribution in [-0.2, 0) is 0 Å². The minimum Gasteiger partial charge on any atom is -0.0943 e. The van der Waals surface area contributed by atoms with Gasteiger partial charge in [-0.2, -0.15) is 0 Å². The van der Waals surface area contributed by atoms with Crippen LogP contribution in [0.5, 0.6) is 0 Å². The Kier molecular flexibility index (Phi) is 0.152. The van der Waals surface area contributed by atoms with Crippen LogP contribution in [-0.4, -0.2) is 0 Å². The van der Waals surface area contributed by atoms with Crippen LogP contribution in [0.3, 0.4) is 0 Å². The highest BCUT2D eigenvalue weighted by Gasteiger charge is 2.59. The van der Waals surface area contributed by atoms with Crippen LogP contribution in [0.4, 0.5) is 0 Å². The molecule has 1 unspecified atom stereocenters. The summed E-state index contributed by atoms with van der Waals surface area (Å²) in [6.45, 7) is 6.00. The second kappa shape index (κ2) is 0.348. The van der Waals surface area contributed by atoms with Crippen LogP contribution in [0, 0.1) is 5.41 Å². The largest absolute Gasteiger partial charge is 0.0943 e. The highest BCUT2D eigenvalue weighted by molar-refractivity contribution is 5.77. The Morgan fingerprint density at radius 2 is 2.17 bits per heavy atom. The molecule has 0 aromatic carbocycles. The Labute approximate surface area is 37.2 Å². The zero-order chi connectivity index (χ0) is 4.36. The molecule has 0 saturated heterocycles. The quantitative estimate of drug-likeness (QED) is 0.412. The van der Waals surface area contributed by atoms with Crippen LogP contribution in [0.25, 0.3) is 0 Å². The van der Waals surface area contributed by atoms with Crippen LogP contribution in [0.1, 0.15) is 6.92 Å². The molecule has 0 aromatic heterocycles. The van der Waals surface area contributed by atoms with Gasteiger partial charge in [0.25, 0.3) is 0 Å². The number of fused-ring (bicyclic) bond motifs is 1. The summed E-state index contributed by atoms with van der Waals surface area (Å²) in [7, 11) is 0. The van der Waals surface area contributed by atoms with E-state index in [2.05, 4.69) is 19.6 Å². The molecule has 0 radical (unpaired) electrons. The molecule has 0 N–H and O–H groups in total. The van der Waals surface area contributed by atoms with E-state index in [0.717, 1.165) is 0 Å². The number of rotatable bonds is 0. The molecule has 1 fully saturated rings. The number of hydrogen-bond donors (Lipinski definition) is 0. The second-order valence-electron chi connectivity index (χ2n) is 2.24. The average molecular weight is 78.1 g/mol. The Morgan fingerprint density at radius 3 is 2.17 bits per heavy atom. The molecule has 2 aliphatic rings. The molecule has 0 aliphatic heterocycles. The summed E-state index contributed by atoms with van der Waals surface area (Å²) in [6, 6.07) is 0. The lowest BCUT2D eigenvalue weighted by Gasteiger charge is -1.80. The minimum absolute atomic E-state index is 0.472. The fourth-order valence-electron chi connectivity index (χ4n) is 0.832. The fraction of sp³-hybridized carbons (Fsp3) is 0.333.